The number of carbonyl (C=O) groups is 2. The number of allylic oxidation sites excluding steroid dienone is 2. The zero-order valence-corrected chi connectivity index (χ0v) is 22.4. The van der Waals surface area contributed by atoms with E-state index < -0.39 is 17.9 Å². The molecule has 1 aliphatic heterocycles. The largest absolute Gasteiger partial charge is 0.497 e. The van der Waals surface area contributed by atoms with Crippen LogP contribution in [0.1, 0.15) is 39.2 Å². The minimum atomic E-state index is -0.642. The number of dihydropyridines is 1. The van der Waals surface area contributed by atoms with Gasteiger partial charge in [0.25, 0.3) is 0 Å². The predicted octanol–water partition coefficient (Wildman–Crippen LogP) is 5.85. The van der Waals surface area contributed by atoms with Crippen molar-refractivity contribution >= 4 is 23.3 Å². The van der Waals surface area contributed by atoms with E-state index in [4.69, 9.17) is 19.2 Å². The van der Waals surface area contributed by atoms with E-state index in [1.54, 1.807) is 21.0 Å². The Balaban J connectivity index is 1.78. The fourth-order valence-electron chi connectivity index (χ4n) is 4.46. The van der Waals surface area contributed by atoms with Gasteiger partial charge in [-0.15, -0.1) is 11.3 Å². The lowest BCUT2D eigenvalue weighted by Gasteiger charge is -2.30. The van der Waals surface area contributed by atoms with Crippen LogP contribution in [-0.2, 0) is 19.1 Å². The number of ether oxygens (including phenoxy) is 3. The Kier molecular flexibility index (Phi) is 8.08. The summed E-state index contributed by atoms with van der Waals surface area (Å²) in [6, 6.07) is 15.5. The monoisotopic (exact) mass is 518 g/mol. The molecule has 2 aromatic carbocycles. The summed E-state index contributed by atoms with van der Waals surface area (Å²) in [7, 11) is 1.64. The third-order valence-corrected chi connectivity index (χ3v) is 6.98. The Labute approximate surface area is 220 Å². The molecule has 0 saturated carbocycles. The van der Waals surface area contributed by atoms with Gasteiger partial charge in [-0.2, -0.15) is 0 Å². The van der Waals surface area contributed by atoms with Crippen molar-refractivity contribution in [3.8, 4) is 27.6 Å². The SMILES string of the molecule is CCOC(=O)C1=C(C)NC(C)=C(C(=O)OCC)C1c1cccc(-c2nc(-c3cccc(OC)c3)cs2)c1. The van der Waals surface area contributed by atoms with Gasteiger partial charge in [0.05, 0.1) is 43.1 Å². The van der Waals surface area contributed by atoms with Crippen molar-refractivity contribution < 1.29 is 23.8 Å². The number of nitrogens with zero attached hydrogens (tertiary/aromatic N) is 1. The van der Waals surface area contributed by atoms with Gasteiger partial charge in [0, 0.05) is 27.9 Å². The number of aromatic nitrogens is 1. The Morgan fingerprint density at radius 2 is 1.54 bits per heavy atom. The quantitative estimate of drug-likeness (QED) is 0.375. The first-order chi connectivity index (χ1) is 17.9. The van der Waals surface area contributed by atoms with Crippen LogP contribution < -0.4 is 10.1 Å². The van der Waals surface area contributed by atoms with Crippen LogP contribution in [0.25, 0.3) is 21.8 Å². The van der Waals surface area contributed by atoms with Crippen LogP contribution in [0.15, 0.2) is 76.5 Å². The van der Waals surface area contributed by atoms with Crippen LogP contribution >= 0.6 is 11.3 Å². The molecular weight excluding hydrogens is 488 g/mol. The summed E-state index contributed by atoms with van der Waals surface area (Å²) >= 11 is 1.53. The maximum Gasteiger partial charge on any atom is 0.336 e. The molecule has 192 valence electrons. The second-order valence-corrected chi connectivity index (χ2v) is 9.33. The van der Waals surface area contributed by atoms with E-state index in [9.17, 15) is 9.59 Å². The molecule has 1 aromatic heterocycles. The van der Waals surface area contributed by atoms with Gasteiger partial charge >= 0.3 is 11.9 Å². The van der Waals surface area contributed by atoms with E-state index in [0.717, 1.165) is 33.1 Å². The summed E-state index contributed by atoms with van der Waals surface area (Å²) in [6.07, 6.45) is 0. The molecule has 37 heavy (non-hydrogen) atoms. The zero-order valence-electron chi connectivity index (χ0n) is 21.6. The molecule has 0 saturated heterocycles. The normalized spacial score (nSPS) is 13.9. The molecule has 0 radical (unpaired) electrons. The summed E-state index contributed by atoms with van der Waals surface area (Å²) < 4.78 is 16.1. The number of carbonyl (C=O) groups excluding carboxylic acids is 2. The fourth-order valence-corrected chi connectivity index (χ4v) is 5.28. The minimum absolute atomic E-state index is 0.228. The van der Waals surface area contributed by atoms with E-state index in [0.29, 0.717) is 22.5 Å². The maximum atomic E-state index is 13.1. The molecule has 1 aliphatic rings. The van der Waals surface area contributed by atoms with Crippen molar-refractivity contribution in [3.63, 3.8) is 0 Å². The predicted molar refractivity (Wildman–Crippen MR) is 144 cm³/mol. The third kappa shape index (κ3) is 5.44. The summed E-state index contributed by atoms with van der Waals surface area (Å²) in [5, 5.41) is 6.00. The van der Waals surface area contributed by atoms with Gasteiger partial charge in [-0.05, 0) is 51.5 Å². The molecule has 0 bridgehead atoms. The fraction of sp³-hybridized carbons (Fsp3) is 0.276. The van der Waals surface area contributed by atoms with E-state index in [1.807, 2.05) is 67.8 Å². The van der Waals surface area contributed by atoms with E-state index in [-0.39, 0.29) is 13.2 Å². The molecule has 4 rings (SSSR count). The lowest BCUT2D eigenvalue weighted by Crippen LogP contribution is -2.32. The Bertz CT molecular complexity index is 1350. The summed E-state index contributed by atoms with van der Waals surface area (Å²) in [6.45, 7) is 7.61. The summed E-state index contributed by atoms with van der Waals surface area (Å²) in [5.41, 5.74) is 5.55. The summed E-state index contributed by atoms with van der Waals surface area (Å²) in [5.74, 6) is -0.808. The first kappa shape index (κ1) is 26.2. The third-order valence-electron chi connectivity index (χ3n) is 6.09. The van der Waals surface area contributed by atoms with Crippen molar-refractivity contribution in [3.05, 3.63) is 82.0 Å². The minimum Gasteiger partial charge on any atom is -0.497 e. The van der Waals surface area contributed by atoms with Gasteiger partial charge in [0.1, 0.15) is 10.8 Å². The van der Waals surface area contributed by atoms with Gasteiger partial charge < -0.3 is 19.5 Å². The highest BCUT2D eigenvalue weighted by Crippen LogP contribution is 2.41. The number of esters is 2. The number of thiazole rings is 1. The van der Waals surface area contributed by atoms with Crippen LogP contribution in [0.4, 0.5) is 0 Å². The van der Waals surface area contributed by atoms with Crippen LogP contribution in [0.2, 0.25) is 0 Å². The van der Waals surface area contributed by atoms with E-state index >= 15 is 0 Å². The smallest absolute Gasteiger partial charge is 0.336 e. The van der Waals surface area contributed by atoms with Crippen molar-refractivity contribution in [1.29, 1.82) is 0 Å². The number of hydrogen-bond acceptors (Lipinski definition) is 8. The standard InChI is InChI=1S/C29H30N2O5S/c1-6-35-28(32)24-17(3)30-18(4)25(29(33)36-7-2)26(24)20-11-8-12-21(14-20)27-31-23(16-37-27)19-10-9-13-22(15-19)34-5/h8-16,26,30H,6-7H2,1-5H3. The summed E-state index contributed by atoms with van der Waals surface area (Å²) in [4.78, 5) is 31.0. The maximum absolute atomic E-state index is 13.1. The van der Waals surface area contributed by atoms with Crippen LogP contribution in [-0.4, -0.2) is 37.2 Å². The van der Waals surface area contributed by atoms with Gasteiger partial charge in [-0.1, -0.05) is 30.3 Å². The Hall–Kier alpha value is -3.91. The highest BCUT2D eigenvalue weighted by molar-refractivity contribution is 7.13. The highest BCUT2D eigenvalue weighted by atomic mass is 32.1. The van der Waals surface area contributed by atoms with Crippen molar-refractivity contribution in [2.75, 3.05) is 20.3 Å². The molecule has 3 aromatic rings. The van der Waals surface area contributed by atoms with E-state index in [1.165, 1.54) is 11.3 Å². The van der Waals surface area contributed by atoms with E-state index in [2.05, 4.69) is 5.32 Å². The molecule has 2 heterocycles. The van der Waals surface area contributed by atoms with Gasteiger partial charge in [-0.25, -0.2) is 14.6 Å². The topological polar surface area (TPSA) is 86.8 Å². The lowest BCUT2D eigenvalue weighted by molar-refractivity contribution is -0.139. The number of benzene rings is 2. The van der Waals surface area contributed by atoms with Crippen LogP contribution in [0.5, 0.6) is 5.75 Å². The zero-order chi connectivity index (χ0) is 26.5. The average Bonchev–Trinajstić information content (AvgIpc) is 3.39. The highest BCUT2D eigenvalue weighted by Gasteiger charge is 2.38. The van der Waals surface area contributed by atoms with Gasteiger partial charge in [-0.3, -0.25) is 0 Å². The number of methoxy groups -OCH3 is 1. The molecule has 0 amide bonds. The van der Waals surface area contributed by atoms with Crippen LogP contribution in [0.3, 0.4) is 0 Å². The molecule has 8 heteroatoms. The van der Waals surface area contributed by atoms with Crippen LogP contribution in [0, 0.1) is 0 Å². The Morgan fingerprint density at radius 3 is 2.16 bits per heavy atom. The first-order valence-corrected chi connectivity index (χ1v) is 13.0. The van der Waals surface area contributed by atoms with Gasteiger partial charge in [0.2, 0.25) is 0 Å². The Morgan fingerprint density at radius 1 is 0.919 bits per heavy atom. The average molecular weight is 519 g/mol. The molecule has 0 spiro atoms. The van der Waals surface area contributed by atoms with Crippen molar-refractivity contribution in [1.82, 2.24) is 10.3 Å². The first-order valence-electron chi connectivity index (χ1n) is 12.1. The lowest BCUT2D eigenvalue weighted by atomic mass is 9.80. The number of rotatable bonds is 8. The molecule has 0 unspecified atom stereocenters. The molecule has 0 aliphatic carbocycles. The molecular formula is C29H30N2O5S. The molecule has 1 N–H and O–H groups in total. The van der Waals surface area contributed by atoms with Gasteiger partial charge in [0.15, 0.2) is 0 Å². The molecule has 0 fully saturated rings. The van der Waals surface area contributed by atoms with Crippen molar-refractivity contribution in [2.24, 2.45) is 0 Å². The number of hydrogen-bond donors (Lipinski definition) is 1. The number of nitrogens with one attached hydrogen (secondary N) is 1. The second-order valence-electron chi connectivity index (χ2n) is 8.47. The molecule has 7 nitrogen and oxygen atoms in total. The molecule has 0 atom stereocenters. The second kappa shape index (κ2) is 11.4. The van der Waals surface area contributed by atoms with Crippen molar-refractivity contribution in [2.45, 2.75) is 33.6 Å².